The molecule has 0 spiro atoms. The molecule has 2 saturated carbocycles. The van der Waals surface area contributed by atoms with Gasteiger partial charge in [-0.2, -0.15) is 0 Å². The predicted octanol–water partition coefficient (Wildman–Crippen LogP) is 4.70. The molecule has 1 aromatic carbocycles. The molecule has 2 fully saturated rings. The van der Waals surface area contributed by atoms with Crippen LogP contribution in [-0.2, 0) is 6.42 Å². The van der Waals surface area contributed by atoms with Gasteiger partial charge in [-0.1, -0.05) is 6.92 Å². The number of phenols is 1. The third-order valence-electron chi connectivity index (χ3n) is 7.31. The summed E-state index contributed by atoms with van der Waals surface area (Å²) in [6, 6.07) is 2.00. The van der Waals surface area contributed by atoms with E-state index in [2.05, 4.69) is 29.5 Å². The summed E-state index contributed by atoms with van der Waals surface area (Å²) in [5.41, 5.74) is 3.52. The summed E-state index contributed by atoms with van der Waals surface area (Å²) in [6.45, 7) is 2.27. The fourth-order valence-electron chi connectivity index (χ4n) is 6.02. The molecule has 2 N–H and O–H groups in total. The number of aliphatic hydroxyl groups excluding tert-OH is 1. The maximum absolute atomic E-state index is 10.6. The van der Waals surface area contributed by atoms with Gasteiger partial charge in [0.15, 0.2) is 0 Å². The lowest BCUT2D eigenvalue weighted by molar-refractivity contribution is -0.0226. The first kappa shape index (κ1) is 18.1. The molecule has 0 amide bonds. The van der Waals surface area contributed by atoms with Gasteiger partial charge >= 0.3 is 0 Å². The molecular weight excluding hydrogens is 367 g/mol. The molecule has 1 aromatic rings. The summed E-state index contributed by atoms with van der Waals surface area (Å²) in [6.07, 6.45) is 5.88. The van der Waals surface area contributed by atoms with Crippen LogP contribution in [0.25, 0.3) is 0 Å². The van der Waals surface area contributed by atoms with Crippen LogP contribution in [0.1, 0.15) is 67.2 Å². The summed E-state index contributed by atoms with van der Waals surface area (Å²) in [4.78, 5) is 0. The van der Waals surface area contributed by atoms with E-state index in [1.807, 2.05) is 6.07 Å². The molecule has 4 rings (SSSR count). The molecule has 0 saturated heterocycles. The van der Waals surface area contributed by atoms with Gasteiger partial charge in [0.1, 0.15) is 5.75 Å². The number of benzene rings is 1. The van der Waals surface area contributed by atoms with Gasteiger partial charge in [0, 0.05) is 10.8 Å². The highest BCUT2D eigenvalue weighted by molar-refractivity contribution is 6.30. The van der Waals surface area contributed by atoms with E-state index in [1.165, 1.54) is 5.56 Å². The lowest BCUT2D eigenvalue weighted by atomic mass is 9.55. The van der Waals surface area contributed by atoms with Crippen LogP contribution >= 0.6 is 23.2 Å². The van der Waals surface area contributed by atoms with Crippen molar-refractivity contribution in [2.75, 3.05) is 0 Å². The molecule has 26 heavy (non-hydrogen) atoms. The first-order valence-electron chi connectivity index (χ1n) is 9.31. The van der Waals surface area contributed by atoms with Crippen molar-refractivity contribution in [1.29, 1.82) is 0 Å². The molecule has 3 aliphatic rings. The number of halogens is 2. The predicted molar refractivity (Wildman–Crippen MR) is 104 cm³/mol. The lowest BCUT2D eigenvalue weighted by Crippen LogP contribution is -2.44. The van der Waals surface area contributed by atoms with Gasteiger partial charge in [-0.25, -0.2) is 0 Å². The smallest absolute Gasteiger partial charge is 0.147 e. The zero-order valence-electron chi connectivity index (χ0n) is 14.8. The molecule has 4 heteroatoms. The minimum absolute atomic E-state index is 0.0487. The normalized spacial score (nSPS) is 34.5. The third kappa shape index (κ3) is 2.55. The van der Waals surface area contributed by atoms with Crippen LogP contribution < -0.4 is 0 Å². The second-order valence-corrected chi connectivity index (χ2v) is 8.59. The molecule has 5 atom stereocenters. The Bertz CT molecular complexity index is 870. The minimum Gasteiger partial charge on any atom is -0.505 e. The van der Waals surface area contributed by atoms with Gasteiger partial charge in [-0.05, 0) is 114 Å². The van der Waals surface area contributed by atoms with Crippen molar-refractivity contribution < 1.29 is 10.2 Å². The zero-order valence-corrected chi connectivity index (χ0v) is 16.3. The highest BCUT2D eigenvalue weighted by Crippen LogP contribution is 2.61. The SMILES string of the molecule is C[C@]12CC[C@@H]3c4cc(C#CCl)c(O)c(C#CCl)c4CC[C@H]3[C@@H]1CC[C@H]2O. The number of rotatable bonds is 0. The molecular formula is C22H22Cl2O2. The average Bonchev–Trinajstić information content (AvgIpc) is 2.94. The summed E-state index contributed by atoms with van der Waals surface area (Å²) in [7, 11) is 0. The van der Waals surface area contributed by atoms with Crippen LogP contribution in [-0.4, -0.2) is 16.3 Å². The van der Waals surface area contributed by atoms with Crippen molar-refractivity contribution in [2.24, 2.45) is 17.3 Å². The van der Waals surface area contributed by atoms with Crippen molar-refractivity contribution in [2.45, 2.75) is 57.5 Å². The highest BCUT2D eigenvalue weighted by atomic mass is 35.5. The van der Waals surface area contributed by atoms with Gasteiger partial charge in [-0.15, -0.1) is 0 Å². The van der Waals surface area contributed by atoms with E-state index in [0.29, 0.717) is 28.9 Å². The molecule has 0 unspecified atom stereocenters. The average molecular weight is 389 g/mol. The Labute approximate surface area is 164 Å². The standard InChI is InChI=1S/C22H22Cl2O2/c1-22-9-6-15-16(19(22)4-5-20(22)25)3-2-14-17(8-11-24)21(26)13(7-10-23)12-18(14)15/h12,15-16,19-20,25-26H,2-6,9H2,1H3/t15-,16+,19-,20+,22-/m0/s1. The van der Waals surface area contributed by atoms with E-state index in [4.69, 9.17) is 23.2 Å². The van der Waals surface area contributed by atoms with Crippen LogP contribution in [0.2, 0.25) is 0 Å². The molecule has 0 bridgehead atoms. The Kier molecular flexibility index (Phi) is 4.65. The molecule has 0 radical (unpaired) electrons. The number of hydrogen-bond donors (Lipinski definition) is 2. The maximum Gasteiger partial charge on any atom is 0.147 e. The van der Waals surface area contributed by atoms with Gasteiger partial charge in [-0.3, -0.25) is 0 Å². The summed E-state index contributed by atoms with van der Waals surface area (Å²) >= 11 is 11.3. The van der Waals surface area contributed by atoms with Crippen LogP contribution in [0.3, 0.4) is 0 Å². The van der Waals surface area contributed by atoms with Crippen molar-refractivity contribution in [3.8, 4) is 28.3 Å². The molecule has 0 aliphatic heterocycles. The fraction of sp³-hybridized carbons (Fsp3) is 0.545. The van der Waals surface area contributed by atoms with Crippen LogP contribution in [0.4, 0.5) is 0 Å². The maximum atomic E-state index is 10.6. The zero-order chi connectivity index (χ0) is 18.5. The second-order valence-electron chi connectivity index (χ2n) is 8.21. The highest BCUT2D eigenvalue weighted by Gasteiger charge is 2.54. The van der Waals surface area contributed by atoms with E-state index in [1.54, 1.807) is 0 Å². The Hall–Kier alpha value is -1.32. The second kappa shape index (κ2) is 6.69. The quantitative estimate of drug-likeness (QED) is 0.632. The van der Waals surface area contributed by atoms with Gasteiger partial charge in [0.25, 0.3) is 0 Å². The van der Waals surface area contributed by atoms with E-state index in [9.17, 15) is 10.2 Å². The van der Waals surface area contributed by atoms with Crippen LogP contribution in [0, 0.1) is 39.9 Å². The monoisotopic (exact) mass is 388 g/mol. The van der Waals surface area contributed by atoms with E-state index < -0.39 is 0 Å². The Balaban J connectivity index is 1.83. The molecule has 2 nitrogen and oxygen atoms in total. The van der Waals surface area contributed by atoms with Crippen molar-refractivity contribution in [3.63, 3.8) is 0 Å². The number of aliphatic hydroxyl groups is 1. The van der Waals surface area contributed by atoms with Gasteiger partial charge in [0.2, 0.25) is 0 Å². The number of fused-ring (bicyclic) bond motifs is 5. The minimum atomic E-state index is -0.176. The topological polar surface area (TPSA) is 40.5 Å². The summed E-state index contributed by atoms with van der Waals surface area (Å²) in [5.74, 6) is 7.30. The first-order valence-corrected chi connectivity index (χ1v) is 10.1. The lowest BCUT2D eigenvalue weighted by Gasteiger charge is -2.50. The third-order valence-corrected chi connectivity index (χ3v) is 7.50. The molecule has 0 heterocycles. The fourth-order valence-corrected chi connectivity index (χ4v) is 6.22. The molecule has 0 aromatic heterocycles. The van der Waals surface area contributed by atoms with Gasteiger partial charge < -0.3 is 10.2 Å². The Morgan fingerprint density at radius 3 is 2.62 bits per heavy atom. The number of phenolic OH excluding ortho intramolecular Hbond substituents is 1. The first-order chi connectivity index (χ1) is 12.5. The number of aromatic hydroxyl groups is 1. The van der Waals surface area contributed by atoms with Gasteiger partial charge in [0.05, 0.1) is 17.2 Å². The van der Waals surface area contributed by atoms with Crippen LogP contribution in [0.15, 0.2) is 6.07 Å². The van der Waals surface area contributed by atoms with E-state index in [0.717, 1.165) is 44.1 Å². The molecule has 3 aliphatic carbocycles. The number of hydrogen-bond acceptors (Lipinski definition) is 2. The van der Waals surface area contributed by atoms with Crippen molar-refractivity contribution in [3.05, 3.63) is 28.3 Å². The van der Waals surface area contributed by atoms with E-state index in [-0.39, 0.29) is 17.3 Å². The Morgan fingerprint density at radius 1 is 1.12 bits per heavy atom. The van der Waals surface area contributed by atoms with Crippen molar-refractivity contribution >= 4 is 23.2 Å². The molecule has 136 valence electrons. The largest absolute Gasteiger partial charge is 0.505 e. The van der Waals surface area contributed by atoms with E-state index >= 15 is 0 Å². The van der Waals surface area contributed by atoms with Crippen LogP contribution in [0.5, 0.6) is 5.75 Å². The summed E-state index contributed by atoms with van der Waals surface area (Å²) in [5, 5.41) is 25.9. The Morgan fingerprint density at radius 2 is 1.88 bits per heavy atom. The van der Waals surface area contributed by atoms with Crippen molar-refractivity contribution in [1.82, 2.24) is 0 Å². The summed E-state index contributed by atoms with van der Waals surface area (Å²) < 4.78 is 0.